The minimum absolute atomic E-state index is 0.0124. The van der Waals surface area contributed by atoms with Crippen LogP contribution in [0.5, 0.6) is 0 Å². The molecule has 0 spiro atoms. The van der Waals surface area contributed by atoms with Crippen LogP contribution in [0.1, 0.15) is 18.1 Å². The van der Waals surface area contributed by atoms with Gasteiger partial charge in [-0.3, -0.25) is 0 Å². The number of carboxylic acid groups (broad SMARTS) is 1. The van der Waals surface area contributed by atoms with Crippen molar-refractivity contribution >= 4 is 11.7 Å². The van der Waals surface area contributed by atoms with Crippen molar-refractivity contribution in [3.63, 3.8) is 0 Å². The van der Waals surface area contributed by atoms with Crippen LogP contribution >= 0.6 is 0 Å². The highest BCUT2D eigenvalue weighted by atomic mass is 16.4. The summed E-state index contributed by atoms with van der Waals surface area (Å²) in [6.45, 7) is 2.40. The lowest BCUT2D eigenvalue weighted by molar-refractivity contribution is -0.138. The van der Waals surface area contributed by atoms with Gasteiger partial charge < -0.3 is 15.1 Å². The molecule has 16 heavy (non-hydrogen) atoms. The molecule has 0 amide bonds. The van der Waals surface area contributed by atoms with Gasteiger partial charge in [-0.15, -0.1) is 0 Å². The van der Waals surface area contributed by atoms with Gasteiger partial charge in [-0.25, -0.2) is 4.79 Å². The van der Waals surface area contributed by atoms with E-state index in [0.29, 0.717) is 6.54 Å². The van der Waals surface area contributed by atoms with Crippen molar-refractivity contribution in [1.29, 1.82) is 0 Å². The Labute approximate surface area is 94.1 Å². The second-order valence-corrected chi connectivity index (χ2v) is 4.03. The summed E-state index contributed by atoms with van der Waals surface area (Å²) in [5, 5.41) is 18.2. The minimum Gasteiger partial charge on any atom is -0.480 e. The van der Waals surface area contributed by atoms with Gasteiger partial charge in [-0.2, -0.15) is 0 Å². The summed E-state index contributed by atoms with van der Waals surface area (Å²) in [5.41, 5.74) is 2.93. The summed E-state index contributed by atoms with van der Waals surface area (Å²) in [7, 11) is 0. The highest BCUT2D eigenvalue weighted by Crippen LogP contribution is 2.32. The van der Waals surface area contributed by atoms with E-state index in [-0.39, 0.29) is 6.61 Å². The van der Waals surface area contributed by atoms with E-state index in [1.807, 2.05) is 23.1 Å². The lowest BCUT2D eigenvalue weighted by atomic mass is 10.1. The molecule has 86 valence electrons. The topological polar surface area (TPSA) is 60.8 Å². The standard InChI is InChI=1S/C12H15NO3/c1-8(12(15)16)13-6-5-10-9(7-14)3-2-4-11(10)13/h2-4,8,14H,5-7H2,1H3,(H,15,16). The molecule has 0 saturated heterocycles. The van der Waals surface area contributed by atoms with Crippen LogP contribution in [0.15, 0.2) is 18.2 Å². The molecule has 0 radical (unpaired) electrons. The summed E-state index contributed by atoms with van der Waals surface area (Å²) < 4.78 is 0. The number of aliphatic hydroxyl groups is 1. The number of carboxylic acids is 1. The second kappa shape index (κ2) is 4.14. The molecule has 1 atom stereocenters. The quantitative estimate of drug-likeness (QED) is 0.799. The van der Waals surface area contributed by atoms with E-state index in [9.17, 15) is 9.90 Å². The third-order valence-electron chi connectivity index (χ3n) is 3.16. The van der Waals surface area contributed by atoms with Gasteiger partial charge in [0.1, 0.15) is 6.04 Å². The smallest absolute Gasteiger partial charge is 0.326 e. The van der Waals surface area contributed by atoms with Crippen molar-refractivity contribution in [2.75, 3.05) is 11.4 Å². The number of benzene rings is 1. The molecule has 0 saturated carbocycles. The zero-order chi connectivity index (χ0) is 11.7. The van der Waals surface area contributed by atoms with E-state index >= 15 is 0 Å². The largest absolute Gasteiger partial charge is 0.480 e. The Hall–Kier alpha value is -1.55. The molecule has 1 heterocycles. The number of hydrogen-bond donors (Lipinski definition) is 2. The molecule has 1 aliphatic rings. The molecule has 2 rings (SSSR count). The van der Waals surface area contributed by atoms with E-state index < -0.39 is 12.0 Å². The molecule has 4 heteroatoms. The number of aliphatic carboxylic acids is 1. The Balaban J connectivity index is 2.37. The molecule has 1 aromatic carbocycles. The van der Waals surface area contributed by atoms with Crippen LogP contribution in [0.3, 0.4) is 0 Å². The number of rotatable bonds is 3. The number of fused-ring (bicyclic) bond motifs is 1. The maximum atomic E-state index is 11.0. The Bertz CT molecular complexity index is 417. The molecule has 0 bridgehead atoms. The molecule has 0 aromatic heterocycles. The summed E-state index contributed by atoms with van der Waals surface area (Å²) in [6, 6.07) is 5.14. The molecule has 1 aromatic rings. The first-order valence-electron chi connectivity index (χ1n) is 5.36. The molecule has 4 nitrogen and oxygen atoms in total. The fourth-order valence-corrected chi connectivity index (χ4v) is 2.22. The number of hydrogen-bond acceptors (Lipinski definition) is 3. The Morgan fingerprint density at radius 2 is 2.31 bits per heavy atom. The fraction of sp³-hybridized carbons (Fsp3) is 0.417. The molecular weight excluding hydrogens is 206 g/mol. The van der Waals surface area contributed by atoms with Gasteiger partial charge >= 0.3 is 5.97 Å². The molecule has 0 aliphatic carbocycles. The minimum atomic E-state index is -0.817. The summed E-state index contributed by atoms with van der Waals surface area (Å²) >= 11 is 0. The van der Waals surface area contributed by atoms with Crippen LogP contribution in [0.4, 0.5) is 5.69 Å². The SMILES string of the molecule is CC(C(=O)O)N1CCc2c(CO)cccc21. The Morgan fingerprint density at radius 1 is 1.56 bits per heavy atom. The van der Waals surface area contributed by atoms with E-state index in [0.717, 1.165) is 23.2 Å². The van der Waals surface area contributed by atoms with E-state index in [2.05, 4.69) is 0 Å². The van der Waals surface area contributed by atoms with Crippen LogP contribution < -0.4 is 4.90 Å². The van der Waals surface area contributed by atoms with Gasteiger partial charge in [-0.1, -0.05) is 12.1 Å². The number of anilines is 1. The maximum Gasteiger partial charge on any atom is 0.326 e. The number of carbonyl (C=O) groups is 1. The first kappa shape index (κ1) is 11.0. The van der Waals surface area contributed by atoms with Gasteiger partial charge in [0.05, 0.1) is 6.61 Å². The zero-order valence-corrected chi connectivity index (χ0v) is 9.18. The van der Waals surface area contributed by atoms with Gasteiger partial charge in [0, 0.05) is 12.2 Å². The summed E-state index contributed by atoms with van der Waals surface area (Å²) in [6.07, 6.45) is 0.809. The van der Waals surface area contributed by atoms with E-state index in [1.54, 1.807) is 6.92 Å². The third-order valence-corrected chi connectivity index (χ3v) is 3.16. The number of aliphatic hydroxyl groups excluding tert-OH is 1. The lowest BCUT2D eigenvalue weighted by Crippen LogP contribution is -2.37. The van der Waals surface area contributed by atoms with Crippen molar-refractivity contribution in [3.8, 4) is 0 Å². The van der Waals surface area contributed by atoms with Crippen molar-refractivity contribution in [3.05, 3.63) is 29.3 Å². The van der Waals surface area contributed by atoms with Crippen molar-refractivity contribution < 1.29 is 15.0 Å². The monoisotopic (exact) mass is 221 g/mol. The molecule has 0 fully saturated rings. The van der Waals surface area contributed by atoms with Gasteiger partial charge in [0.2, 0.25) is 0 Å². The zero-order valence-electron chi connectivity index (χ0n) is 9.18. The third kappa shape index (κ3) is 1.65. The summed E-state index contributed by atoms with van der Waals surface area (Å²) in [5.74, 6) is -0.817. The van der Waals surface area contributed by atoms with Crippen molar-refractivity contribution in [2.45, 2.75) is 26.0 Å². The van der Waals surface area contributed by atoms with Crippen LogP contribution in [0, 0.1) is 0 Å². The lowest BCUT2D eigenvalue weighted by Gasteiger charge is -2.23. The first-order valence-corrected chi connectivity index (χ1v) is 5.36. The molecular formula is C12H15NO3. The van der Waals surface area contributed by atoms with Gasteiger partial charge in [-0.05, 0) is 30.5 Å². The van der Waals surface area contributed by atoms with Crippen LogP contribution in [0.2, 0.25) is 0 Å². The normalized spacial score (nSPS) is 16.0. The predicted molar refractivity (Wildman–Crippen MR) is 60.5 cm³/mol. The number of nitrogens with zero attached hydrogens (tertiary/aromatic N) is 1. The summed E-state index contributed by atoms with van der Waals surface area (Å²) in [4.78, 5) is 12.8. The highest BCUT2D eigenvalue weighted by Gasteiger charge is 2.28. The van der Waals surface area contributed by atoms with E-state index in [4.69, 9.17) is 5.11 Å². The average molecular weight is 221 g/mol. The first-order chi connectivity index (χ1) is 7.65. The molecule has 1 unspecified atom stereocenters. The Kier molecular flexibility index (Phi) is 2.83. The highest BCUT2D eigenvalue weighted by molar-refractivity contribution is 5.79. The second-order valence-electron chi connectivity index (χ2n) is 4.03. The van der Waals surface area contributed by atoms with Crippen LogP contribution in [-0.4, -0.2) is 28.8 Å². The maximum absolute atomic E-state index is 11.0. The average Bonchev–Trinajstić information content (AvgIpc) is 2.71. The van der Waals surface area contributed by atoms with Crippen molar-refractivity contribution in [2.24, 2.45) is 0 Å². The Morgan fingerprint density at radius 3 is 2.94 bits per heavy atom. The fourth-order valence-electron chi connectivity index (χ4n) is 2.22. The molecule has 2 N–H and O–H groups in total. The predicted octanol–water partition coefficient (Wildman–Crippen LogP) is 1.01. The van der Waals surface area contributed by atoms with Crippen LogP contribution in [0.25, 0.3) is 0 Å². The van der Waals surface area contributed by atoms with Gasteiger partial charge in [0.15, 0.2) is 0 Å². The van der Waals surface area contributed by atoms with Crippen molar-refractivity contribution in [1.82, 2.24) is 0 Å². The van der Waals surface area contributed by atoms with Crippen LogP contribution in [-0.2, 0) is 17.8 Å². The molecule has 1 aliphatic heterocycles. The van der Waals surface area contributed by atoms with E-state index in [1.165, 1.54) is 0 Å². The van der Waals surface area contributed by atoms with Gasteiger partial charge in [0.25, 0.3) is 0 Å².